The molecular weight excluding hydrogens is 96.0 g/mol. The lowest BCUT2D eigenvalue weighted by Gasteiger charge is -2.05. The van der Waals surface area contributed by atoms with Crippen molar-refractivity contribution in [1.82, 2.24) is 0 Å². The van der Waals surface area contributed by atoms with Crippen molar-refractivity contribution in [2.24, 2.45) is 0 Å². The van der Waals surface area contributed by atoms with Crippen molar-refractivity contribution in [3.63, 3.8) is 0 Å². The number of aliphatic hydroxyl groups is 2. The van der Waals surface area contributed by atoms with Gasteiger partial charge in [0.25, 0.3) is 0 Å². The first-order chi connectivity index (χ1) is 3.18. The Bertz CT molecular complexity index is 44.2. The van der Waals surface area contributed by atoms with Gasteiger partial charge in [0.05, 0.1) is 6.61 Å². The van der Waals surface area contributed by atoms with Gasteiger partial charge in [-0.15, -0.1) is 0 Å². The van der Waals surface area contributed by atoms with Crippen molar-refractivity contribution >= 4 is 0 Å². The number of aliphatic hydroxyl groups excluding tert-OH is 2. The average Bonchev–Trinajstić information content (AvgIpc) is 1.65. The average molecular weight is 105 g/mol. The maximum atomic E-state index is 10.0. The highest BCUT2D eigenvalue weighted by Gasteiger charge is 2.08. The van der Waals surface area contributed by atoms with Gasteiger partial charge in [0.1, 0.15) is 12.2 Å². The Labute approximate surface area is 42.2 Å². The van der Waals surface area contributed by atoms with Crippen molar-refractivity contribution in [3.05, 3.63) is 0 Å². The van der Waals surface area contributed by atoms with Crippen LogP contribution in [0.4, 0.5) is 0 Å². The van der Waals surface area contributed by atoms with Crippen LogP contribution in [-0.2, 0) is 5.11 Å². The molecule has 0 spiro atoms. The lowest BCUT2D eigenvalue weighted by molar-refractivity contribution is -0.0388. The van der Waals surface area contributed by atoms with E-state index in [0.29, 0.717) is 0 Å². The van der Waals surface area contributed by atoms with Crippen LogP contribution in [0.5, 0.6) is 0 Å². The first kappa shape index (κ1) is 6.88. The Kier molecular flexibility index (Phi) is 2.91. The third-order valence-corrected chi connectivity index (χ3v) is 0.729. The molecule has 2 atom stereocenters. The first-order valence-electron chi connectivity index (χ1n) is 2.13. The van der Waals surface area contributed by atoms with Gasteiger partial charge in [0.15, 0.2) is 0 Å². The molecule has 0 aromatic rings. The van der Waals surface area contributed by atoms with Gasteiger partial charge in [-0.1, -0.05) is 0 Å². The lowest BCUT2D eigenvalue weighted by atomic mass is 10.2. The molecule has 0 aromatic carbocycles. The van der Waals surface area contributed by atoms with Gasteiger partial charge < -0.3 is 10.2 Å². The van der Waals surface area contributed by atoms with Crippen molar-refractivity contribution in [2.45, 2.75) is 19.1 Å². The molecule has 0 bridgehead atoms. The summed E-state index contributed by atoms with van der Waals surface area (Å²) in [6, 6.07) is 0. The molecule has 3 nitrogen and oxygen atoms in total. The highest BCUT2D eigenvalue weighted by Crippen LogP contribution is 1.88. The molecule has 0 heterocycles. The molecule has 0 amide bonds. The molecule has 1 radical (unpaired) electrons. The summed E-state index contributed by atoms with van der Waals surface area (Å²) in [5.41, 5.74) is 0. The monoisotopic (exact) mass is 105 g/mol. The van der Waals surface area contributed by atoms with E-state index in [-0.39, 0.29) is 0 Å². The molecule has 2 N–H and O–H groups in total. The van der Waals surface area contributed by atoms with Crippen molar-refractivity contribution in [1.29, 1.82) is 0 Å². The standard InChI is InChI=1S/C4H9O3/c1-3(6)4(7)2-5/h3-5,7H,2H2,1H3. The molecule has 0 saturated carbocycles. The second-order valence-electron chi connectivity index (χ2n) is 1.46. The molecule has 0 aliphatic carbocycles. The first-order valence-corrected chi connectivity index (χ1v) is 2.13. The molecule has 43 valence electrons. The summed E-state index contributed by atoms with van der Waals surface area (Å²) in [6.07, 6.45) is -2.18. The van der Waals surface area contributed by atoms with Crippen LogP contribution in [0.3, 0.4) is 0 Å². The number of hydrogen-bond acceptors (Lipinski definition) is 2. The van der Waals surface area contributed by atoms with Crippen LogP contribution >= 0.6 is 0 Å². The predicted octanol–water partition coefficient (Wildman–Crippen LogP) is -0.841. The van der Waals surface area contributed by atoms with Gasteiger partial charge in [-0.3, -0.25) is 0 Å². The predicted molar refractivity (Wildman–Crippen MR) is 23.2 cm³/mol. The summed E-state index contributed by atoms with van der Waals surface area (Å²) in [7, 11) is 0. The minimum absolute atomic E-state index is 0.440. The van der Waals surface area contributed by atoms with Crippen molar-refractivity contribution in [2.75, 3.05) is 6.61 Å². The summed E-state index contributed by atoms with van der Waals surface area (Å²) < 4.78 is 0. The second-order valence-corrected chi connectivity index (χ2v) is 1.46. The molecule has 7 heavy (non-hydrogen) atoms. The van der Waals surface area contributed by atoms with Crippen LogP contribution in [0.1, 0.15) is 6.92 Å². The molecule has 0 aliphatic heterocycles. The van der Waals surface area contributed by atoms with E-state index >= 15 is 0 Å². The largest absolute Gasteiger partial charge is 0.394 e. The second kappa shape index (κ2) is 2.96. The summed E-state index contributed by atoms with van der Waals surface area (Å²) in [6.45, 7) is 0.867. The molecular formula is C4H9O3. The molecule has 0 fully saturated rings. The van der Waals surface area contributed by atoms with Gasteiger partial charge in [-0.2, -0.15) is 0 Å². The van der Waals surface area contributed by atoms with E-state index in [1.807, 2.05) is 0 Å². The summed E-state index contributed by atoms with van der Waals surface area (Å²) >= 11 is 0. The molecule has 2 unspecified atom stereocenters. The van der Waals surface area contributed by atoms with E-state index in [0.717, 1.165) is 0 Å². The smallest absolute Gasteiger partial charge is 0.118 e. The number of hydrogen-bond donors (Lipinski definition) is 2. The van der Waals surface area contributed by atoms with Crippen LogP contribution in [0, 0.1) is 0 Å². The van der Waals surface area contributed by atoms with E-state index in [2.05, 4.69) is 0 Å². The van der Waals surface area contributed by atoms with E-state index in [1.165, 1.54) is 6.92 Å². The Morgan fingerprint density at radius 1 is 1.71 bits per heavy atom. The van der Waals surface area contributed by atoms with Crippen LogP contribution in [-0.4, -0.2) is 29.0 Å². The zero-order valence-electron chi connectivity index (χ0n) is 4.16. The van der Waals surface area contributed by atoms with Gasteiger partial charge >= 0.3 is 0 Å². The van der Waals surface area contributed by atoms with Gasteiger partial charge in [-0.05, 0) is 6.92 Å². The molecule has 0 saturated heterocycles. The minimum Gasteiger partial charge on any atom is -0.394 e. The van der Waals surface area contributed by atoms with Crippen LogP contribution < -0.4 is 0 Å². The molecule has 0 aliphatic rings. The highest BCUT2D eigenvalue weighted by atomic mass is 16.4. The SMILES string of the molecule is CC([O])C(O)CO. The Balaban J connectivity index is 3.14. The zero-order chi connectivity index (χ0) is 5.86. The highest BCUT2D eigenvalue weighted by molar-refractivity contribution is 4.57. The quantitative estimate of drug-likeness (QED) is 0.481. The molecule has 0 aromatic heterocycles. The lowest BCUT2D eigenvalue weighted by Crippen LogP contribution is -2.24. The fourth-order valence-electron chi connectivity index (χ4n) is 0.148. The number of rotatable bonds is 2. The summed E-state index contributed by atoms with van der Waals surface area (Å²) in [5.74, 6) is 0. The van der Waals surface area contributed by atoms with E-state index in [4.69, 9.17) is 10.2 Å². The molecule has 3 heteroatoms. The maximum absolute atomic E-state index is 10.0. The third-order valence-electron chi connectivity index (χ3n) is 0.729. The van der Waals surface area contributed by atoms with E-state index in [1.54, 1.807) is 0 Å². The zero-order valence-corrected chi connectivity index (χ0v) is 4.16. The van der Waals surface area contributed by atoms with E-state index in [9.17, 15) is 5.11 Å². The minimum atomic E-state index is -1.10. The maximum Gasteiger partial charge on any atom is 0.118 e. The van der Waals surface area contributed by atoms with Crippen LogP contribution in [0.15, 0.2) is 0 Å². The van der Waals surface area contributed by atoms with Crippen molar-refractivity contribution < 1.29 is 15.3 Å². The van der Waals surface area contributed by atoms with Crippen LogP contribution in [0.2, 0.25) is 0 Å². The Morgan fingerprint density at radius 2 is 2.14 bits per heavy atom. The summed E-state index contributed by atoms with van der Waals surface area (Å²) in [4.78, 5) is 0. The van der Waals surface area contributed by atoms with Gasteiger partial charge in [-0.25, -0.2) is 5.11 Å². The summed E-state index contributed by atoms with van der Waals surface area (Å²) in [5, 5.41) is 26.5. The van der Waals surface area contributed by atoms with Crippen LogP contribution in [0.25, 0.3) is 0 Å². The van der Waals surface area contributed by atoms with Gasteiger partial charge in [0, 0.05) is 0 Å². The Hall–Kier alpha value is -0.120. The normalized spacial score (nSPS) is 18.9. The fourth-order valence-corrected chi connectivity index (χ4v) is 0.148. The van der Waals surface area contributed by atoms with Gasteiger partial charge in [0.2, 0.25) is 0 Å². The molecule has 0 rings (SSSR count). The topological polar surface area (TPSA) is 60.4 Å². The third kappa shape index (κ3) is 2.56. The van der Waals surface area contributed by atoms with Crippen molar-refractivity contribution in [3.8, 4) is 0 Å². The Morgan fingerprint density at radius 3 is 2.14 bits per heavy atom. The van der Waals surface area contributed by atoms with E-state index < -0.39 is 18.8 Å². The fraction of sp³-hybridized carbons (Fsp3) is 1.00.